The van der Waals surface area contributed by atoms with Gasteiger partial charge >= 0.3 is 5.97 Å². The Morgan fingerprint density at radius 1 is 1.12 bits per heavy atom. The molecule has 84 valence electrons. The Morgan fingerprint density at radius 3 is 2.06 bits per heavy atom. The molecule has 5 N–H and O–H groups in total. The SMILES string of the molecule is C/C(=N/N=C(N)N)c1ccc(C(=O)O)cc1. The van der Waals surface area contributed by atoms with E-state index in [1.54, 1.807) is 19.1 Å². The van der Waals surface area contributed by atoms with Crippen LogP contribution in [-0.4, -0.2) is 22.7 Å². The molecule has 0 unspecified atom stereocenters. The zero-order valence-corrected chi connectivity index (χ0v) is 8.71. The second kappa shape index (κ2) is 4.92. The Bertz CT molecular complexity index is 444. The van der Waals surface area contributed by atoms with Gasteiger partial charge in [-0.25, -0.2) is 4.79 Å². The molecule has 1 aromatic carbocycles. The molecule has 0 radical (unpaired) electrons. The Balaban J connectivity index is 2.94. The third-order valence-corrected chi connectivity index (χ3v) is 1.87. The van der Waals surface area contributed by atoms with Gasteiger partial charge in [0.1, 0.15) is 0 Å². The normalized spacial score (nSPS) is 10.9. The van der Waals surface area contributed by atoms with Gasteiger partial charge < -0.3 is 16.6 Å². The van der Waals surface area contributed by atoms with E-state index in [0.29, 0.717) is 5.71 Å². The smallest absolute Gasteiger partial charge is 0.335 e. The molecule has 0 saturated heterocycles. The van der Waals surface area contributed by atoms with Crippen LogP contribution in [0.2, 0.25) is 0 Å². The lowest BCUT2D eigenvalue weighted by atomic mass is 10.1. The summed E-state index contributed by atoms with van der Waals surface area (Å²) in [6, 6.07) is 6.27. The van der Waals surface area contributed by atoms with Crippen molar-refractivity contribution in [1.82, 2.24) is 0 Å². The Hall–Kier alpha value is -2.37. The number of benzene rings is 1. The molecule has 0 spiro atoms. The van der Waals surface area contributed by atoms with Gasteiger partial charge in [0.25, 0.3) is 0 Å². The van der Waals surface area contributed by atoms with Gasteiger partial charge in [0.05, 0.1) is 11.3 Å². The molecule has 0 bridgehead atoms. The van der Waals surface area contributed by atoms with Crippen molar-refractivity contribution in [3.8, 4) is 0 Å². The molecule has 0 aromatic heterocycles. The number of rotatable bonds is 3. The first kappa shape index (κ1) is 11.7. The third-order valence-electron chi connectivity index (χ3n) is 1.87. The number of carboxylic acid groups (broad SMARTS) is 1. The molecule has 0 fully saturated rings. The molecule has 1 aromatic rings. The molecular weight excluding hydrogens is 208 g/mol. The lowest BCUT2D eigenvalue weighted by Gasteiger charge is -1.99. The minimum atomic E-state index is -0.967. The van der Waals surface area contributed by atoms with Crippen LogP contribution in [0.25, 0.3) is 0 Å². The van der Waals surface area contributed by atoms with E-state index in [1.807, 2.05) is 0 Å². The molecule has 0 amide bonds. The van der Waals surface area contributed by atoms with Crippen LogP contribution in [-0.2, 0) is 0 Å². The summed E-state index contributed by atoms with van der Waals surface area (Å²) in [7, 11) is 0. The highest BCUT2D eigenvalue weighted by atomic mass is 16.4. The summed E-state index contributed by atoms with van der Waals surface area (Å²) >= 11 is 0. The van der Waals surface area contributed by atoms with Crippen molar-refractivity contribution >= 4 is 17.6 Å². The Labute approximate surface area is 92.3 Å². The van der Waals surface area contributed by atoms with Gasteiger partial charge in [0.15, 0.2) is 0 Å². The van der Waals surface area contributed by atoms with Gasteiger partial charge in [0.2, 0.25) is 5.96 Å². The van der Waals surface area contributed by atoms with Crippen molar-refractivity contribution in [2.45, 2.75) is 6.92 Å². The summed E-state index contributed by atoms with van der Waals surface area (Å²) in [4.78, 5) is 10.6. The zero-order valence-electron chi connectivity index (χ0n) is 8.71. The number of carboxylic acids is 1. The summed E-state index contributed by atoms with van der Waals surface area (Å²) in [6.45, 7) is 1.72. The van der Waals surface area contributed by atoms with E-state index in [0.717, 1.165) is 5.56 Å². The fourth-order valence-corrected chi connectivity index (χ4v) is 1.04. The summed E-state index contributed by atoms with van der Waals surface area (Å²) in [5.74, 6) is -1.09. The van der Waals surface area contributed by atoms with Gasteiger partial charge in [-0.1, -0.05) is 12.1 Å². The molecule has 6 heteroatoms. The lowest BCUT2D eigenvalue weighted by molar-refractivity contribution is 0.0697. The summed E-state index contributed by atoms with van der Waals surface area (Å²) in [6.07, 6.45) is 0. The van der Waals surface area contributed by atoms with E-state index < -0.39 is 5.97 Å². The van der Waals surface area contributed by atoms with E-state index in [1.165, 1.54) is 12.1 Å². The molecule has 16 heavy (non-hydrogen) atoms. The largest absolute Gasteiger partial charge is 0.478 e. The maximum absolute atomic E-state index is 10.6. The number of aromatic carboxylic acids is 1. The van der Waals surface area contributed by atoms with E-state index in [9.17, 15) is 4.79 Å². The summed E-state index contributed by atoms with van der Waals surface area (Å²) in [5, 5.41) is 16.0. The van der Waals surface area contributed by atoms with Crippen molar-refractivity contribution in [3.63, 3.8) is 0 Å². The van der Waals surface area contributed by atoms with Crippen molar-refractivity contribution < 1.29 is 9.90 Å². The van der Waals surface area contributed by atoms with Crippen LogP contribution in [0.15, 0.2) is 34.5 Å². The molecular formula is C10H12N4O2. The first-order chi connectivity index (χ1) is 7.50. The lowest BCUT2D eigenvalue weighted by Crippen LogP contribution is -2.22. The minimum absolute atomic E-state index is 0.124. The van der Waals surface area contributed by atoms with E-state index >= 15 is 0 Å². The zero-order chi connectivity index (χ0) is 12.1. The first-order valence-electron chi connectivity index (χ1n) is 4.47. The van der Waals surface area contributed by atoms with E-state index in [4.69, 9.17) is 16.6 Å². The van der Waals surface area contributed by atoms with Crippen LogP contribution in [0.1, 0.15) is 22.8 Å². The molecule has 6 nitrogen and oxygen atoms in total. The number of hydrogen-bond donors (Lipinski definition) is 3. The summed E-state index contributed by atoms with van der Waals surface area (Å²) in [5.41, 5.74) is 11.8. The average molecular weight is 220 g/mol. The third kappa shape index (κ3) is 3.09. The number of hydrogen-bond acceptors (Lipinski definition) is 3. The molecule has 0 aliphatic heterocycles. The highest BCUT2D eigenvalue weighted by Gasteiger charge is 2.02. The minimum Gasteiger partial charge on any atom is -0.478 e. The molecule has 0 atom stereocenters. The molecule has 0 saturated carbocycles. The van der Waals surface area contributed by atoms with Crippen LogP contribution in [0.4, 0.5) is 0 Å². The van der Waals surface area contributed by atoms with Crippen LogP contribution in [0.5, 0.6) is 0 Å². The van der Waals surface area contributed by atoms with Crippen LogP contribution >= 0.6 is 0 Å². The second-order valence-corrected chi connectivity index (χ2v) is 3.09. The Morgan fingerprint density at radius 2 is 1.62 bits per heavy atom. The predicted octanol–water partition coefficient (Wildman–Crippen LogP) is 0.382. The van der Waals surface area contributed by atoms with Crippen molar-refractivity contribution in [1.29, 1.82) is 0 Å². The molecule has 0 aliphatic rings. The van der Waals surface area contributed by atoms with Crippen molar-refractivity contribution in [2.24, 2.45) is 21.7 Å². The van der Waals surface area contributed by atoms with Gasteiger partial charge in [-0.3, -0.25) is 0 Å². The van der Waals surface area contributed by atoms with Gasteiger partial charge in [0, 0.05) is 0 Å². The van der Waals surface area contributed by atoms with Crippen molar-refractivity contribution in [2.75, 3.05) is 0 Å². The van der Waals surface area contributed by atoms with Crippen LogP contribution < -0.4 is 11.5 Å². The number of guanidine groups is 1. The van der Waals surface area contributed by atoms with E-state index in [2.05, 4.69) is 10.2 Å². The predicted molar refractivity (Wildman–Crippen MR) is 61.4 cm³/mol. The molecule has 0 heterocycles. The quantitative estimate of drug-likeness (QED) is 0.388. The average Bonchev–Trinajstić information content (AvgIpc) is 2.26. The van der Waals surface area contributed by atoms with Crippen LogP contribution in [0, 0.1) is 0 Å². The fourth-order valence-electron chi connectivity index (χ4n) is 1.04. The summed E-state index contributed by atoms with van der Waals surface area (Å²) < 4.78 is 0. The van der Waals surface area contributed by atoms with Crippen molar-refractivity contribution in [3.05, 3.63) is 35.4 Å². The van der Waals surface area contributed by atoms with Gasteiger partial charge in [-0.2, -0.15) is 5.10 Å². The van der Waals surface area contributed by atoms with Gasteiger partial charge in [-0.15, -0.1) is 5.10 Å². The number of carbonyl (C=O) groups is 1. The molecule has 1 rings (SSSR count). The van der Waals surface area contributed by atoms with Crippen LogP contribution in [0.3, 0.4) is 0 Å². The maximum Gasteiger partial charge on any atom is 0.335 e. The second-order valence-electron chi connectivity index (χ2n) is 3.09. The standard InChI is InChI=1S/C10H12N4O2/c1-6(13-14-10(11)12)7-2-4-8(5-3-7)9(15)16/h2-5H,1H3,(H,15,16)(H4,11,12,14)/b13-6-. The van der Waals surface area contributed by atoms with Gasteiger partial charge in [-0.05, 0) is 24.6 Å². The first-order valence-corrected chi connectivity index (χ1v) is 4.47. The highest BCUT2D eigenvalue weighted by molar-refractivity contribution is 5.99. The molecule has 0 aliphatic carbocycles. The highest BCUT2D eigenvalue weighted by Crippen LogP contribution is 2.06. The topological polar surface area (TPSA) is 114 Å². The number of nitrogens with two attached hydrogens (primary N) is 2. The Kier molecular flexibility index (Phi) is 3.60. The van der Waals surface area contributed by atoms with E-state index in [-0.39, 0.29) is 11.5 Å². The monoisotopic (exact) mass is 220 g/mol. The number of nitrogens with zero attached hydrogens (tertiary/aromatic N) is 2. The fraction of sp³-hybridized carbons (Fsp3) is 0.100. The maximum atomic E-state index is 10.6.